The molecule has 50 heavy (non-hydrogen) atoms. The van der Waals surface area contributed by atoms with Crippen LogP contribution in [0.1, 0.15) is 98.0 Å². The molecule has 0 aliphatic carbocycles. The van der Waals surface area contributed by atoms with Gasteiger partial charge in [0.25, 0.3) is 5.91 Å². The Kier molecular flexibility index (Phi) is 13.1. The number of carbonyl (C=O) groups excluding carboxylic acids is 5. The highest BCUT2D eigenvalue weighted by atomic mass is 16.6. The molecule has 0 saturated carbocycles. The summed E-state index contributed by atoms with van der Waals surface area (Å²) in [7, 11) is 1.36. The molecule has 13 nitrogen and oxygen atoms in total. The van der Waals surface area contributed by atoms with Gasteiger partial charge in [-0.25, -0.2) is 10.2 Å². The van der Waals surface area contributed by atoms with E-state index in [2.05, 4.69) is 21.4 Å². The van der Waals surface area contributed by atoms with E-state index in [1.807, 2.05) is 44.2 Å². The van der Waals surface area contributed by atoms with Crippen LogP contribution in [-0.2, 0) is 28.7 Å². The first-order valence-electron chi connectivity index (χ1n) is 17.1. The highest BCUT2D eigenvalue weighted by Crippen LogP contribution is 2.25. The summed E-state index contributed by atoms with van der Waals surface area (Å²) in [6.45, 7) is 18.0. The maximum absolute atomic E-state index is 13.4. The first-order chi connectivity index (χ1) is 23.2. The van der Waals surface area contributed by atoms with Crippen LogP contribution in [0, 0.1) is 18.3 Å². The standard InChI is InChI=1S/C37H54N6O7/c1-21(2)29(41-35(48)50-36(6,7)8)32(45)39-24(5)33(46)43-18-12-13-27(42-43)31(44)38-23(4)30-22(3)19-26-15-14-25(20-28(26)40-30)16-17-37(9,10)34(47)49-11/h14-17,19-21,23-24,27,29,42H,12-13,18H2,1-11H3,(H,38,44)(H,39,45)(H,41,48)/t23-,24+,27+,29+/m1/s1. The Morgan fingerprint density at radius 1 is 1.00 bits per heavy atom. The van der Waals surface area contributed by atoms with Gasteiger partial charge in [0.1, 0.15) is 23.7 Å². The summed E-state index contributed by atoms with van der Waals surface area (Å²) in [4.78, 5) is 69.2. The average Bonchev–Trinajstić information content (AvgIpc) is 3.04. The van der Waals surface area contributed by atoms with Crippen molar-refractivity contribution in [3.05, 3.63) is 47.2 Å². The zero-order valence-corrected chi connectivity index (χ0v) is 31.2. The molecule has 4 N–H and O–H groups in total. The van der Waals surface area contributed by atoms with Crippen LogP contribution in [0.25, 0.3) is 17.0 Å². The van der Waals surface area contributed by atoms with Crippen molar-refractivity contribution >= 4 is 46.8 Å². The largest absolute Gasteiger partial charge is 0.468 e. The number of hydrogen-bond acceptors (Lipinski definition) is 9. The van der Waals surface area contributed by atoms with Crippen molar-refractivity contribution in [3.63, 3.8) is 0 Å². The molecule has 4 atom stereocenters. The molecule has 0 spiro atoms. The number of nitrogens with zero attached hydrogens (tertiary/aromatic N) is 2. The van der Waals surface area contributed by atoms with Crippen molar-refractivity contribution < 1.29 is 33.4 Å². The van der Waals surface area contributed by atoms with Crippen LogP contribution < -0.4 is 21.4 Å². The SMILES string of the molecule is COC(=O)C(C)(C)C=Cc1ccc2cc(C)c([C@@H](C)NC(=O)[C@@H]3CCCN(C(=O)[C@H](C)NC(=O)[C@@H](NC(=O)OC(C)(C)C)C(C)C)N3)nc2c1. The van der Waals surface area contributed by atoms with E-state index >= 15 is 0 Å². The van der Waals surface area contributed by atoms with Gasteiger partial charge < -0.3 is 25.4 Å². The fraction of sp³-hybridized carbons (Fsp3) is 0.568. The number of fused-ring (bicyclic) bond motifs is 1. The third kappa shape index (κ3) is 10.7. The molecule has 3 rings (SSSR count). The maximum Gasteiger partial charge on any atom is 0.408 e. The number of pyridine rings is 1. The monoisotopic (exact) mass is 694 g/mol. The highest BCUT2D eigenvalue weighted by Gasteiger charge is 2.34. The first kappa shape index (κ1) is 39.9. The lowest BCUT2D eigenvalue weighted by molar-refractivity contribution is -0.148. The van der Waals surface area contributed by atoms with E-state index in [0.29, 0.717) is 25.1 Å². The molecule has 0 radical (unpaired) electrons. The number of amides is 4. The maximum atomic E-state index is 13.4. The van der Waals surface area contributed by atoms with Crippen molar-refractivity contribution in [1.82, 2.24) is 31.4 Å². The van der Waals surface area contributed by atoms with Gasteiger partial charge in [-0.3, -0.25) is 29.2 Å². The first-order valence-corrected chi connectivity index (χ1v) is 17.1. The van der Waals surface area contributed by atoms with E-state index < -0.39 is 53.1 Å². The van der Waals surface area contributed by atoms with Gasteiger partial charge in [0, 0.05) is 11.9 Å². The van der Waals surface area contributed by atoms with Crippen molar-refractivity contribution in [3.8, 4) is 0 Å². The fourth-order valence-corrected chi connectivity index (χ4v) is 5.57. The lowest BCUT2D eigenvalue weighted by Gasteiger charge is -2.35. The minimum atomic E-state index is -0.923. The normalized spacial score (nSPS) is 17.2. The van der Waals surface area contributed by atoms with Crippen LogP contribution in [0.4, 0.5) is 4.79 Å². The van der Waals surface area contributed by atoms with Crippen molar-refractivity contribution in [2.45, 2.75) is 112 Å². The summed E-state index contributed by atoms with van der Waals surface area (Å²) in [5.74, 6) is -1.80. The number of hydrogen-bond donors (Lipinski definition) is 4. The minimum Gasteiger partial charge on any atom is -0.468 e. The van der Waals surface area contributed by atoms with Crippen molar-refractivity contribution in [2.75, 3.05) is 13.7 Å². The molecule has 1 aromatic carbocycles. The van der Waals surface area contributed by atoms with Gasteiger partial charge in [0.05, 0.1) is 29.8 Å². The van der Waals surface area contributed by atoms with Gasteiger partial charge in [-0.2, -0.15) is 0 Å². The number of rotatable bonds is 11. The predicted molar refractivity (Wildman–Crippen MR) is 191 cm³/mol. The molecular weight excluding hydrogens is 640 g/mol. The number of aryl methyl sites for hydroxylation is 1. The molecule has 1 aliphatic rings. The Hall–Kier alpha value is -4.52. The van der Waals surface area contributed by atoms with Crippen LogP contribution in [0.15, 0.2) is 30.3 Å². The molecule has 4 amide bonds. The second-order valence-corrected chi connectivity index (χ2v) is 14.8. The smallest absolute Gasteiger partial charge is 0.408 e. The molecule has 1 aliphatic heterocycles. The second kappa shape index (κ2) is 16.5. The number of carbonyl (C=O) groups is 5. The lowest BCUT2D eigenvalue weighted by atomic mass is 9.92. The Morgan fingerprint density at radius 3 is 2.30 bits per heavy atom. The van der Waals surface area contributed by atoms with Gasteiger partial charge in [-0.1, -0.05) is 38.1 Å². The van der Waals surface area contributed by atoms with Crippen LogP contribution in [0.2, 0.25) is 0 Å². The molecule has 274 valence electrons. The second-order valence-electron chi connectivity index (χ2n) is 14.8. The van der Waals surface area contributed by atoms with Gasteiger partial charge in [-0.05, 0) is 97.4 Å². The number of nitrogens with one attached hydrogen (secondary N) is 4. The summed E-state index contributed by atoms with van der Waals surface area (Å²) in [6, 6.07) is 4.93. The Balaban J connectivity index is 1.65. The number of ether oxygens (including phenoxy) is 2. The number of methoxy groups -OCH3 is 1. The lowest BCUT2D eigenvalue weighted by Crippen LogP contribution is -2.62. The van der Waals surface area contributed by atoms with Crippen molar-refractivity contribution in [2.24, 2.45) is 11.3 Å². The molecule has 2 heterocycles. The third-order valence-electron chi connectivity index (χ3n) is 8.36. The molecule has 0 bridgehead atoms. The zero-order chi connectivity index (χ0) is 37.6. The summed E-state index contributed by atoms with van der Waals surface area (Å²) in [5, 5.41) is 10.6. The predicted octanol–water partition coefficient (Wildman–Crippen LogP) is 4.48. The minimum absolute atomic E-state index is 0.266. The molecule has 2 aromatic rings. The molecule has 0 unspecified atom stereocenters. The summed E-state index contributed by atoms with van der Waals surface area (Å²) >= 11 is 0. The quantitative estimate of drug-likeness (QED) is 0.248. The van der Waals surface area contributed by atoms with Crippen LogP contribution in [-0.4, -0.2) is 77.2 Å². The zero-order valence-electron chi connectivity index (χ0n) is 31.2. The van der Waals surface area contributed by atoms with E-state index in [1.165, 1.54) is 12.1 Å². The number of aromatic nitrogens is 1. The number of alkyl carbamates (subject to hydrolysis) is 1. The molecule has 13 heteroatoms. The summed E-state index contributed by atoms with van der Waals surface area (Å²) < 4.78 is 10.2. The van der Waals surface area contributed by atoms with Crippen LogP contribution in [0.5, 0.6) is 0 Å². The van der Waals surface area contributed by atoms with E-state index in [1.54, 1.807) is 61.5 Å². The molecule has 1 aromatic heterocycles. The number of benzene rings is 1. The Bertz CT molecular complexity index is 1610. The number of hydrazine groups is 1. The third-order valence-corrected chi connectivity index (χ3v) is 8.36. The molecular formula is C37H54N6O7. The summed E-state index contributed by atoms with van der Waals surface area (Å²) in [6.07, 6.45) is 4.03. The highest BCUT2D eigenvalue weighted by molar-refractivity contribution is 5.91. The topological polar surface area (TPSA) is 168 Å². The molecule has 1 saturated heterocycles. The average molecular weight is 695 g/mol. The van der Waals surface area contributed by atoms with E-state index in [9.17, 15) is 24.0 Å². The van der Waals surface area contributed by atoms with E-state index in [4.69, 9.17) is 14.5 Å². The number of esters is 1. The van der Waals surface area contributed by atoms with Gasteiger partial charge in [0.2, 0.25) is 11.8 Å². The van der Waals surface area contributed by atoms with E-state index in [-0.39, 0.29) is 17.8 Å². The molecule has 1 fully saturated rings. The van der Waals surface area contributed by atoms with E-state index in [0.717, 1.165) is 22.0 Å². The Labute approximate surface area is 295 Å². The fourth-order valence-electron chi connectivity index (χ4n) is 5.57. The van der Waals surface area contributed by atoms with Gasteiger partial charge in [-0.15, -0.1) is 0 Å². The Morgan fingerprint density at radius 2 is 1.68 bits per heavy atom. The van der Waals surface area contributed by atoms with Crippen LogP contribution in [0.3, 0.4) is 0 Å². The van der Waals surface area contributed by atoms with Crippen LogP contribution >= 0.6 is 0 Å². The van der Waals surface area contributed by atoms with Gasteiger partial charge >= 0.3 is 12.1 Å². The summed E-state index contributed by atoms with van der Waals surface area (Å²) in [5.41, 5.74) is 4.76. The van der Waals surface area contributed by atoms with Gasteiger partial charge in [0.15, 0.2) is 0 Å². The van der Waals surface area contributed by atoms with Crippen molar-refractivity contribution in [1.29, 1.82) is 0 Å².